The lowest BCUT2D eigenvalue weighted by atomic mass is 9.95. The number of nitrogens with zero attached hydrogens (tertiary/aromatic N) is 3. The van der Waals surface area contributed by atoms with Crippen molar-refractivity contribution in [1.29, 1.82) is 0 Å². The summed E-state index contributed by atoms with van der Waals surface area (Å²) >= 11 is 0. The van der Waals surface area contributed by atoms with Crippen molar-refractivity contribution in [3.8, 4) is 22.9 Å². The van der Waals surface area contributed by atoms with Gasteiger partial charge in [-0.1, -0.05) is 5.16 Å². The number of hydrogen-bond donors (Lipinski definition) is 1. The van der Waals surface area contributed by atoms with Crippen LogP contribution < -0.4 is 14.8 Å². The SMILES string of the molecule is COC(=O)c1cc(NC(=O)C2CCN(Cc3nc(-c4ccc(OC)c(OC)c4)no3)CC2)cc(C(=O)OC)c1. The van der Waals surface area contributed by atoms with Crippen LogP contribution in [0.15, 0.2) is 40.9 Å². The van der Waals surface area contributed by atoms with Gasteiger partial charge < -0.3 is 28.8 Å². The molecule has 39 heavy (non-hydrogen) atoms. The number of methoxy groups -OCH3 is 4. The first-order chi connectivity index (χ1) is 18.8. The van der Waals surface area contributed by atoms with Crippen LogP contribution in [0.4, 0.5) is 5.69 Å². The highest BCUT2D eigenvalue weighted by Crippen LogP contribution is 2.31. The van der Waals surface area contributed by atoms with Gasteiger partial charge in [0.05, 0.1) is 46.1 Å². The van der Waals surface area contributed by atoms with Crippen molar-refractivity contribution in [2.45, 2.75) is 19.4 Å². The summed E-state index contributed by atoms with van der Waals surface area (Å²) in [6.45, 7) is 1.77. The fraction of sp³-hybridized carbons (Fsp3) is 0.370. The number of aromatic nitrogens is 2. The normalized spacial score (nSPS) is 13.9. The molecule has 0 atom stereocenters. The number of amides is 1. The van der Waals surface area contributed by atoms with Crippen LogP contribution >= 0.6 is 0 Å². The highest BCUT2D eigenvalue weighted by molar-refractivity contribution is 6.00. The van der Waals surface area contributed by atoms with Crippen molar-refractivity contribution in [1.82, 2.24) is 15.0 Å². The number of piperidine rings is 1. The predicted molar refractivity (Wildman–Crippen MR) is 139 cm³/mol. The molecule has 3 aromatic rings. The molecule has 12 heteroatoms. The number of hydrogen-bond acceptors (Lipinski definition) is 11. The van der Waals surface area contributed by atoms with Crippen molar-refractivity contribution < 1.29 is 37.9 Å². The van der Waals surface area contributed by atoms with Crippen molar-refractivity contribution >= 4 is 23.5 Å². The first-order valence-corrected chi connectivity index (χ1v) is 12.2. The third-order valence-electron chi connectivity index (χ3n) is 6.47. The largest absolute Gasteiger partial charge is 0.493 e. The summed E-state index contributed by atoms with van der Waals surface area (Å²) in [6.07, 6.45) is 1.23. The Hall–Kier alpha value is -4.45. The second kappa shape index (κ2) is 12.4. The number of ether oxygens (including phenoxy) is 4. The van der Waals surface area contributed by atoms with Gasteiger partial charge >= 0.3 is 11.9 Å². The zero-order valence-electron chi connectivity index (χ0n) is 22.2. The molecule has 1 N–H and O–H groups in total. The maximum Gasteiger partial charge on any atom is 0.337 e. The lowest BCUT2D eigenvalue weighted by Gasteiger charge is -2.30. The van der Waals surface area contributed by atoms with Gasteiger partial charge in [0.25, 0.3) is 0 Å². The summed E-state index contributed by atoms with van der Waals surface area (Å²) in [7, 11) is 5.61. The summed E-state index contributed by atoms with van der Waals surface area (Å²) in [5.74, 6) is 0.408. The summed E-state index contributed by atoms with van der Waals surface area (Å²) in [4.78, 5) is 43.7. The Kier molecular flexibility index (Phi) is 8.77. The first-order valence-electron chi connectivity index (χ1n) is 12.2. The summed E-state index contributed by atoms with van der Waals surface area (Å²) in [6, 6.07) is 9.69. The molecule has 2 aromatic carbocycles. The van der Waals surface area contributed by atoms with E-state index in [0.717, 1.165) is 5.56 Å². The summed E-state index contributed by atoms with van der Waals surface area (Å²) in [5.41, 5.74) is 1.33. The third kappa shape index (κ3) is 6.52. The lowest BCUT2D eigenvalue weighted by Crippen LogP contribution is -2.37. The lowest BCUT2D eigenvalue weighted by molar-refractivity contribution is -0.121. The molecule has 2 heterocycles. The molecule has 0 unspecified atom stereocenters. The van der Waals surface area contributed by atoms with Gasteiger partial charge in [0.2, 0.25) is 17.6 Å². The van der Waals surface area contributed by atoms with Crippen LogP contribution in [-0.2, 0) is 20.8 Å². The monoisotopic (exact) mass is 538 g/mol. The quantitative estimate of drug-likeness (QED) is 0.401. The molecule has 4 rings (SSSR count). The maximum absolute atomic E-state index is 13.0. The van der Waals surface area contributed by atoms with Crippen LogP contribution in [-0.4, -0.2) is 74.4 Å². The Morgan fingerprint density at radius 3 is 2.15 bits per heavy atom. The topological polar surface area (TPSA) is 142 Å². The zero-order chi connectivity index (χ0) is 27.9. The van der Waals surface area contributed by atoms with Gasteiger partial charge in [0.1, 0.15) is 0 Å². The molecule has 1 saturated heterocycles. The van der Waals surface area contributed by atoms with E-state index >= 15 is 0 Å². The van der Waals surface area contributed by atoms with E-state index in [1.165, 1.54) is 32.4 Å². The molecule has 0 saturated carbocycles. The standard InChI is InChI=1S/C27H30N4O8/c1-35-21-6-5-17(14-22(21)36-2)24-29-23(39-30-24)15-31-9-7-16(8-10-31)25(32)28-20-12-18(26(33)37-3)11-19(13-20)27(34)38-4/h5-6,11-14,16H,7-10,15H2,1-4H3,(H,28,32). The predicted octanol–water partition coefficient (Wildman–Crippen LogP) is 3.18. The van der Waals surface area contributed by atoms with Crippen LogP contribution in [0.2, 0.25) is 0 Å². The number of likely N-dealkylation sites (tertiary alicyclic amines) is 1. The van der Waals surface area contributed by atoms with Gasteiger partial charge in [-0.3, -0.25) is 9.69 Å². The molecular formula is C27H30N4O8. The summed E-state index contributed by atoms with van der Waals surface area (Å²) in [5, 5.41) is 6.91. The highest BCUT2D eigenvalue weighted by atomic mass is 16.5. The second-order valence-corrected chi connectivity index (χ2v) is 8.90. The van der Waals surface area contributed by atoms with E-state index in [-0.39, 0.29) is 23.0 Å². The Morgan fingerprint density at radius 1 is 0.923 bits per heavy atom. The molecule has 206 valence electrons. The first kappa shape index (κ1) is 27.6. The van der Waals surface area contributed by atoms with Gasteiger partial charge in [-0.15, -0.1) is 0 Å². The van der Waals surface area contributed by atoms with E-state index in [0.29, 0.717) is 61.4 Å². The molecule has 1 fully saturated rings. The van der Waals surface area contributed by atoms with Crippen LogP contribution in [0, 0.1) is 5.92 Å². The minimum absolute atomic E-state index is 0.137. The smallest absolute Gasteiger partial charge is 0.337 e. The molecule has 0 radical (unpaired) electrons. The molecule has 1 aliphatic heterocycles. The fourth-order valence-electron chi connectivity index (χ4n) is 4.37. The molecule has 1 aliphatic rings. The fourth-order valence-corrected chi connectivity index (χ4v) is 4.37. The van der Waals surface area contributed by atoms with E-state index in [2.05, 4.69) is 20.4 Å². The molecule has 1 aromatic heterocycles. The van der Waals surface area contributed by atoms with Gasteiger partial charge in [0.15, 0.2) is 11.5 Å². The molecule has 0 aliphatic carbocycles. The molecule has 12 nitrogen and oxygen atoms in total. The number of anilines is 1. The minimum Gasteiger partial charge on any atom is -0.493 e. The number of esters is 2. The highest BCUT2D eigenvalue weighted by Gasteiger charge is 2.27. The molecular weight excluding hydrogens is 508 g/mol. The van der Waals surface area contributed by atoms with Gasteiger partial charge in [0, 0.05) is 17.2 Å². The van der Waals surface area contributed by atoms with Crippen LogP contribution in [0.3, 0.4) is 0 Å². The van der Waals surface area contributed by atoms with Crippen LogP contribution in [0.25, 0.3) is 11.4 Å². The van der Waals surface area contributed by atoms with Gasteiger partial charge in [-0.25, -0.2) is 9.59 Å². The van der Waals surface area contributed by atoms with Crippen molar-refractivity contribution in [3.05, 3.63) is 53.4 Å². The third-order valence-corrected chi connectivity index (χ3v) is 6.47. The van der Waals surface area contributed by atoms with Gasteiger partial charge in [-0.2, -0.15) is 4.98 Å². The van der Waals surface area contributed by atoms with Gasteiger partial charge in [-0.05, 0) is 62.3 Å². The number of carbonyl (C=O) groups excluding carboxylic acids is 3. The van der Waals surface area contributed by atoms with E-state index in [1.807, 2.05) is 6.07 Å². The number of carbonyl (C=O) groups is 3. The zero-order valence-corrected chi connectivity index (χ0v) is 22.2. The molecule has 1 amide bonds. The maximum atomic E-state index is 13.0. The average Bonchev–Trinajstić information content (AvgIpc) is 3.44. The Labute approximate surface area is 225 Å². The van der Waals surface area contributed by atoms with Crippen molar-refractivity contribution in [3.63, 3.8) is 0 Å². The number of nitrogens with one attached hydrogen (secondary N) is 1. The van der Waals surface area contributed by atoms with E-state index in [9.17, 15) is 14.4 Å². The molecule has 0 spiro atoms. The van der Waals surface area contributed by atoms with Crippen molar-refractivity contribution in [2.75, 3.05) is 46.8 Å². The van der Waals surface area contributed by atoms with Crippen molar-refractivity contribution in [2.24, 2.45) is 5.92 Å². The van der Waals surface area contributed by atoms with E-state index in [1.54, 1.807) is 26.4 Å². The Bertz CT molecular complexity index is 1310. The second-order valence-electron chi connectivity index (χ2n) is 8.90. The van der Waals surface area contributed by atoms with Crippen LogP contribution in [0.1, 0.15) is 39.4 Å². The van der Waals surface area contributed by atoms with E-state index in [4.69, 9.17) is 23.5 Å². The average molecular weight is 539 g/mol. The Balaban J connectivity index is 1.35. The van der Waals surface area contributed by atoms with Crippen LogP contribution in [0.5, 0.6) is 11.5 Å². The minimum atomic E-state index is -0.625. The number of benzene rings is 2. The number of rotatable bonds is 9. The molecule has 0 bridgehead atoms. The van der Waals surface area contributed by atoms with E-state index < -0.39 is 11.9 Å². The summed E-state index contributed by atoms with van der Waals surface area (Å²) < 4.78 is 25.6. The Morgan fingerprint density at radius 2 is 1.56 bits per heavy atom.